The molecule has 2 unspecified atom stereocenters. The van der Waals surface area contributed by atoms with Crippen LogP contribution in [0.15, 0.2) is 65.7 Å². The summed E-state index contributed by atoms with van der Waals surface area (Å²) < 4.78 is 5.78. The zero-order valence-electron chi connectivity index (χ0n) is 19.8. The van der Waals surface area contributed by atoms with Gasteiger partial charge in [-0.15, -0.1) is 0 Å². The average Bonchev–Trinajstić information content (AvgIpc) is 2.83. The van der Waals surface area contributed by atoms with Crippen molar-refractivity contribution < 1.29 is 4.74 Å². The van der Waals surface area contributed by atoms with E-state index in [4.69, 9.17) is 4.74 Å². The van der Waals surface area contributed by atoms with Crippen LogP contribution in [0.5, 0.6) is 0 Å². The predicted molar refractivity (Wildman–Crippen MR) is 134 cm³/mol. The van der Waals surface area contributed by atoms with E-state index in [0.717, 1.165) is 70.9 Å². The Balaban J connectivity index is 1.25. The molecule has 1 aliphatic heterocycles. The predicted octanol–water partition coefficient (Wildman–Crippen LogP) is 4.24. The van der Waals surface area contributed by atoms with Gasteiger partial charge in [0.15, 0.2) is 5.96 Å². The summed E-state index contributed by atoms with van der Waals surface area (Å²) in [5, 5.41) is 7.10. The number of likely N-dealkylation sites (tertiary alicyclic amines) is 1. The molecule has 0 aromatic heterocycles. The molecule has 2 atom stereocenters. The van der Waals surface area contributed by atoms with E-state index in [1.165, 1.54) is 11.1 Å². The fourth-order valence-corrected chi connectivity index (χ4v) is 4.27. The van der Waals surface area contributed by atoms with Crippen LogP contribution in [0.4, 0.5) is 0 Å². The number of rotatable bonds is 11. The maximum atomic E-state index is 5.78. The van der Waals surface area contributed by atoms with E-state index < -0.39 is 0 Å². The highest BCUT2D eigenvalue weighted by Crippen LogP contribution is 2.19. The first kappa shape index (κ1) is 24.3. The second kappa shape index (κ2) is 13.9. The van der Waals surface area contributed by atoms with Gasteiger partial charge in [0.1, 0.15) is 0 Å². The molecule has 0 saturated carbocycles. The molecule has 2 aromatic rings. The molecule has 5 nitrogen and oxygen atoms in total. The van der Waals surface area contributed by atoms with Gasteiger partial charge >= 0.3 is 0 Å². The van der Waals surface area contributed by atoms with Crippen molar-refractivity contribution in [1.29, 1.82) is 0 Å². The lowest BCUT2D eigenvalue weighted by Crippen LogP contribution is -2.51. The summed E-state index contributed by atoms with van der Waals surface area (Å²) in [5.74, 6) is 0.920. The van der Waals surface area contributed by atoms with E-state index in [0.29, 0.717) is 12.1 Å². The molecule has 3 rings (SSSR count). The van der Waals surface area contributed by atoms with Gasteiger partial charge in [0.25, 0.3) is 0 Å². The molecule has 1 aliphatic rings. The number of nitrogens with zero attached hydrogens (tertiary/aromatic N) is 2. The lowest BCUT2D eigenvalue weighted by molar-refractivity contribution is 0.133. The normalized spacial score (nSPS) is 19.6. The van der Waals surface area contributed by atoms with E-state index in [1.54, 1.807) is 0 Å². The first-order valence-corrected chi connectivity index (χ1v) is 12.1. The number of hydrogen-bond acceptors (Lipinski definition) is 3. The highest BCUT2D eigenvalue weighted by molar-refractivity contribution is 5.79. The lowest BCUT2D eigenvalue weighted by atomic mass is 9.97. The van der Waals surface area contributed by atoms with Crippen LogP contribution in [0.1, 0.15) is 43.7 Å². The van der Waals surface area contributed by atoms with E-state index >= 15 is 0 Å². The average molecular weight is 437 g/mol. The molecule has 5 heteroatoms. The van der Waals surface area contributed by atoms with Gasteiger partial charge in [0.2, 0.25) is 0 Å². The summed E-state index contributed by atoms with van der Waals surface area (Å²) in [6, 6.07) is 22.3. The second-order valence-corrected chi connectivity index (χ2v) is 8.72. The topological polar surface area (TPSA) is 48.9 Å². The van der Waals surface area contributed by atoms with Crippen LogP contribution in [-0.2, 0) is 17.7 Å². The quantitative estimate of drug-likeness (QED) is 0.314. The minimum atomic E-state index is 0.476. The second-order valence-electron chi connectivity index (χ2n) is 8.72. The molecule has 2 N–H and O–H groups in total. The number of unbranched alkanes of at least 4 members (excludes halogenated alkanes) is 1. The van der Waals surface area contributed by atoms with Crippen molar-refractivity contribution in [3.8, 4) is 0 Å². The third kappa shape index (κ3) is 8.64. The van der Waals surface area contributed by atoms with E-state index in [1.807, 2.05) is 7.05 Å². The molecule has 0 bridgehead atoms. The summed E-state index contributed by atoms with van der Waals surface area (Å²) in [5.41, 5.74) is 2.73. The van der Waals surface area contributed by atoms with E-state index in [-0.39, 0.29) is 0 Å². The molecular formula is C27H40N4O. The van der Waals surface area contributed by atoms with Gasteiger partial charge in [0.05, 0.1) is 6.61 Å². The van der Waals surface area contributed by atoms with Crippen LogP contribution in [0.3, 0.4) is 0 Å². The largest absolute Gasteiger partial charge is 0.381 e. The third-order valence-electron chi connectivity index (χ3n) is 6.19. The van der Waals surface area contributed by atoms with Gasteiger partial charge in [-0.25, -0.2) is 0 Å². The van der Waals surface area contributed by atoms with Crippen molar-refractivity contribution in [3.63, 3.8) is 0 Å². The summed E-state index contributed by atoms with van der Waals surface area (Å²) >= 11 is 0. The van der Waals surface area contributed by atoms with Crippen LogP contribution < -0.4 is 10.6 Å². The van der Waals surface area contributed by atoms with Gasteiger partial charge in [-0.1, -0.05) is 60.7 Å². The number of nitrogens with one attached hydrogen (secondary N) is 2. The Kier molecular flexibility index (Phi) is 10.6. The minimum Gasteiger partial charge on any atom is -0.381 e. The van der Waals surface area contributed by atoms with Crippen LogP contribution in [-0.4, -0.2) is 56.3 Å². The van der Waals surface area contributed by atoms with Crippen molar-refractivity contribution >= 4 is 5.96 Å². The van der Waals surface area contributed by atoms with Gasteiger partial charge in [-0.3, -0.25) is 9.89 Å². The van der Waals surface area contributed by atoms with E-state index in [2.05, 4.69) is 88.1 Å². The number of guanidine groups is 1. The van der Waals surface area contributed by atoms with Crippen LogP contribution in [0.2, 0.25) is 0 Å². The summed E-state index contributed by atoms with van der Waals surface area (Å²) in [4.78, 5) is 7.01. The van der Waals surface area contributed by atoms with Crippen LogP contribution in [0, 0.1) is 0 Å². The molecule has 0 spiro atoms. The highest BCUT2D eigenvalue weighted by atomic mass is 16.5. The number of piperidine rings is 1. The monoisotopic (exact) mass is 436 g/mol. The Morgan fingerprint density at radius 1 is 1.00 bits per heavy atom. The fourth-order valence-electron chi connectivity index (χ4n) is 4.27. The van der Waals surface area contributed by atoms with Gasteiger partial charge in [-0.05, 0) is 50.2 Å². The molecule has 0 radical (unpaired) electrons. The van der Waals surface area contributed by atoms with Gasteiger partial charge in [0, 0.05) is 45.4 Å². The number of benzene rings is 2. The first-order chi connectivity index (χ1) is 15.7. The summed E-state index contributed by atoms with van der Waals surface area (Å²) in [6.45, 7) is 7.02. The van der Waals surface area contributed by atoms with Gasteiger partial charge in [-0.2, -0.15) is 0 Å². The molecule has 32 heavy (non-hydrogen) atoms. The molecule has 1 heterocycles. The molecule has 1 saturated heterocycles. The van der Waals surface area contributed by atoms with Crippen LogP contribution >= 0.6 is 0 Å². The summed E-state index contributed by atoms with van der Waals surface area (Å²) in [7, 11) is 1.86. The zero-order chi connectivity index (χ0) is 22.4. The van der Waals surface area contributed by atoms with Crippen molar-refractivity contribution in [3.05, 3.63) is 71.8 Å². The van der Waals surface area contributed by atoms with Crippen molar-refractivity contribution in [2.75, 3.05) is 33.4 Å². The Morgan fingerprint density at radius 3 is 2.41 bits per heavy atom. The molecule has 2 aromatic carbocycles. The molecule has 0 amide bonds. The minimum absolute atomic E-state index is 0.476. The molecule has 1 fully saturated rings. The van der Waals surface area contributed by atoms with Crippen molar-refractivity contribution in [1.82, 2.24) is 15.5 Å². The Labute approximate surface area is 194 Å². The molecular weight excluding hydrogens is 396 g/mol. The smallest absolute Gasteiger partial charge is 0.191 e. The maximum Gasteiger partial charge on any atom is 0.191 e. The highest BCUT2D eigenvalue weighted by Gasteiger charge is 2.25. The molecule has 174 valence electrons. The Morgan fingerprint density at radius 2 is 1.72 bits per heavy atom. The summed E-state index contributed by atoms with van der Waals surface area (Å²) in [6.07, 6.45) is 5.42. The number of hydrogen-bond donors (Lipinski definition) is 2. The Hall–Kier alpha value is -2.37. The fraction of sp³-hybridized carbons (Fsp3) is 0.519. The number of aliphatic imine (C=N–C) groups is 1. The number of ether oxygens (including phenoxy) is 1. The third-order valence-corrected chi connectivity index (χ3v) is 6.19. The standard InChI is InChI=1S/C27H40N4O/c1-23-21-26(15-18-31(23)22-25-13-7-4-8-14-25)30-27(28-2)29-17-9-10-19-32-20-16-24-11-5-3-6-12-24/h3-8,11-14,23,26H,9-10,15-22H2,1-2H3,(H2,28,29,30). The van der Waals surface area contributed by atoms with Crippen LogP contribution in [0.25, 0.3) is 0 Å². The SMILES string of the molecule is CN=C(NCCCCOCCc1ccccc1)NC1CCN(Cc2ccccc2)C(C)C1. The zero-order valence-corrected chi connectivity index (χ0v) is 19.8. The Bertz CT molecular complexity index is 781. The maximum absolute atomic E-state index is 5.78. The lowest BCUT2D eigenvalue weighted by Gasteiger charge is -2.38. The van der Waals surface area contributed by atoms with E-state index in [9.17, 15) is 0 Å². The van der Waals surface area contributed by atoms with Crippen molar-refractivity contribution in [2.45, 2.75) is 57.7 Å². The first-order valence-electron chi connectivity index (χ1n) is 12.1. The molecule has 0 aliphatic carbocycles. The van der Waals surface area contributed by atoms with Crippen molar-refractivity contribution in [2.24, 2.45) is 4.99 Å². The van der Waals surface area contributed by atoms with Gasteiger partial charge < -0.3 is 15.4 Å².